The van der Waals surface area contributed by atoms with Crippen LogP contribution in [0.25, 0.3) is 0 Å². The maximum absolute atomic E-state index is 8.74. The molecule has 0 aromatic heterocycles. The summed E-state index contributed by atoms with van der Waals surface area (Å²) in [5, 5.41) is 0. The third-order valence-electron chi connectivity index (χ3n) is 4.01. The van der Waals surface area contributed by atoms with E-state index in [0.717, 1.165) is 19.5 Å². The van der Waals surface area contributed by atoms with Crippen molar-refractivity contribution >= 4 is 16.2 Å². The zero-order chi connectivity index (χ0) is 17.2. The van der Waals surface area contributed by atoms with Crippen LogP contribution >= 0.6 is 0 Å². The van der Waals surface area contributed by atoms with E-state index in [1.54, 1.807) is 0 Å². The maximum atomic E-state index is 8.74. The van der Waals surface area contributed by atoms with Gasteiger partial charge in [-0.2, -0.15) is 8.42 Å². The van der Waals surface area contributed by atoms with E-state index in [1.165, 1.54) is 22.5 Å². The predicted molar refractivity (Wildman–Crippen MR) is 91.6 cm³/mol. The van der Waals surface area contributed by atoms with Crippen molar-refractivity contribution in [2.24, 2.45) is 4.99 Å². The van der Waals surface area contributed by atoms with Gasteiger partial charge < -0.3 is 4.90 Å². The highest BCUT2D eigenvalue weighted by Gasteiger charge is 2.36. The van der Waals surface area contributed by atoms with Crippen molar-refractivity contribution in [3.05, 3.63) is 71.3 Å². The molecular formula is C17H18N2O4S. The highest BCUT2D eigenvalue weighted by molar-refractivity contribution is 7.79. The Bertz CT molecular complexity index is 842. The van der Waals surface area contributed by atoms with Crippen molar-refractivity contribution in [3.63, 3.8) is 0 Å². The minimum Gasteiger partial charge on any atom is -0.345 e. The number of nitrogens with zero attached hydrogens (tertiary/aromatic N) is 2. The highest BCUT2D eigenvalue weighted by Crippen LogP contribution is 2.39. The standard InChI is InChI=1S/C17H16N2.H2O4S/c1-2-7-13(8-3-1)16-14-9-4-5-10-15(14)17-18-11-6-12-19(16)17;1-5(2,3)4/h1-5,7-10,16H,6,11-12H2;(H2,1,2,3,4). The molecule has 0 saturated carbocycles. The second-order valence-electron chi connectivity index (χ2n) is 5.60. The summed E-state index contributed by atoms with van der Waals surface area (Å²) in [4.78, 5) is 7.21. The van der Waals surface area contributed by atoms with Gasteiger partial charge in [-0.25, -0.2) is 0 Å². The van der Waals surface area contributed by atoms with Crippen LogP contribution in [0.4, 0.5) is 0 Å². The Morgan fingerprint density at radius 1 is 1.00 bits per heavy atom. The summed E-state index contributed by atoms with van der Waals surface area (Å²) < 4.78 is 31.6. The molecule has 0 aliphatic carbocycles. The van der Waals surface area contributed by atoms with Gasteiger partial charge in [-0.05, 0) is 17.5 Å². The molecule has 6 nitrogen and oxygen atoms in total. The molecule has 126 valence electrons. The van der Waals surface area contributed by atoms with Gasteiger partial charge in [0.05, 0.1) is 6.04 Å². The first-order chi connectivity index (χ1) is 11.4. The monoisotopic (exact) mass is 346 g/mol. The smallest absolute Gasteiger partial charge is 0.345 e. The van der Waals surface area contributed by atoms with Crippen molar-refractivity contribution in [2.75, 3.05) is 13.1 Å². The fourth-order valence-corrected chi connectivity index (χ4v) is 3.22. The molecule has 4 rings (SSSR count). The lowest BCUT2D eigenvalue weighted by Crippen LogP contribution is -2.33. The Labute approximate surface area is 141 Å². The zero-order valence-corrected chi connectivity index (χ0v) is 13.7. The van der Waals surface area contributed by atoms with Gasteiger partial charge in [-0.3, -0.25) is 14.1 Å². The number of benzene rings is 2. The first-order valence-electron chi connectivity index (χ1n) is 7.60. The molecule has 0 radical (unpaired) electrons. The number of fused-ring (bicyclic) bond motifs is 3. The van der Waals surface area contributed by atoms with Crippen LogP contribution in [0, 0.1) is 0 Å². The SMILES string of the molecule is O=S(=O)(O)O.c1ccc(C2c3ccccc3C3=NCCCN32)cc1. The van der Waals surface area contributed by atoms with Crippen LogP contribution in [0.2, 0.25) is 0 Å². The van der Waals surface area contributed by atoms with Crippen LogP contribution in [0.5, 0.6) is 0 Å². The molecule has 0 fully saturated rings. The molecule has 2 N–H and O–H groups in total. The molecule has 0 amide bonds. The Morgan fingerprint density at radius 3 is 2.33 bits per heavy atom. The van der Waals surface area contributed by atoms with Gasteiger partial charge in [0.25, 0.3) is 0 Å². The summed E-state index contributed by atoms with van der Waals surface area (Å²) in [6, 6.07) is 19.8. The molecule has 1 atom stereocenters. The van der Waals surface area contributed by atoms with E-state index >= 15 is 0 Å². The van der Waals surface area contributed by atoms with E-state index in [9.17, 15) is 0 Å². The number of aliphatic imine (C=N–C) groups is 1. The largest absolute Gasteiger partial charge is 0.394 e. The summed E-state index contributed by atoms with van der Waals surface area (Å²) >= 11 is 0. The lowest BCUT2D eigenvalue weighted by Gasteiger charge is -2.30. The Hall–Kier alpha value is -2.22. The number of rotatable bonds is 1. The molecule has 2 aliphatic rings. The molecule has 24 heavy (non-hydrogen) atoms. The molecule has 0 bridgehead atoms. The van der Waals surface area contributed by atoms with Crippen molar-refractivity contribution in [1.82, 2.24) is 4.90 Å². The minimum absolute atomic E-state index is 0.344. The third kappa shape index (κ3) is 3.64. The van der Waals surface area contributed by atoms with Crippen LogP contribution in [0.15, 0.2) is 59.6 Å². The number of hydrogen-bond donors (Lipinski definition) is 2. The number of hydrogen-bond acceptors (Lipinski definition) is 4. The maximum Gasteiger partial charge on any atom is 0.394 e. The molecule has 2 aliphatic heterocycles. The van der Waals surface area contributed by atoms with E-state index in [4.69, 9.17) is 22.5 Å². The molecule has 2 aromatic rings. The Kier molecular flexibility index (Phi) is 4.66. The average Bonchev–Trinajstić information content (AvgIpc) is 2.89. The van der Waals surface area contributed by atoms with Gasteiger partial charge in [0.15, 0.2) is 0 Å². The fraction of sp³-hybridized carbons (Fsp3) is 0.235. The fourth-order valence-electron chi connectivity index (χ4n) is 3.22. The first kappa shape index (κ1) is 16.6. The topological polar surface area (TPSA) is 90.2 Å². The second kappa shape index (κ2) is 6.72. The van der Waals surface area contributed by atoms with E-state index in [0.29, 0.717) is 6.04 Å². The summed E-state index contributed by atoms with van der Waals surface area (Å²) in [7, 11) is -4.67. The predicted octanol–water partition coefficient (Wildman–Crippen LogP) is 2.59. The molecule has 0 spiro atoms. The Balaban J connectivity index is 0.000000300. The van der Waals surface area contributed by atoms with E-state index < -0.39 is 10.4 Å². The first-order valence-corrected chi connectivity index (χ1v) is 9.00. The molecule has 0 saturated heterocycles. The normalized spacial score (nSPS) is 18.8. The van der Waals surface area contributed by atoms with Gasteiger partial charge in [0, 0.05) is 18.7 Å². The van der Waals surface area contributed by atoms with Crippen molar-refractivity contribution in [2.45, 2.75) is 12.5 Å². The average molecular weight is 346 g/mol. The molecule has 1 unspecified atom stereocenters. The molecule has 2 aromatic carbocycles. The van der Waals surface area contributed by atoms with Crippen LogP contribution in [-0.4, -0.2) is 41.3 Å². The molecular weight excluding hydrogens is 328 g/mol. The Morgan fingerprint density at radius 2 is 1.62 bits per heavy atom. The van der Waals surface area contributed by atoms with E-state index in [1.807, 2.05) is 0 Å². The van der Waals surface area contributed by atoms with Crippen LogP contribution < -0.4 is 0 Å². The molecule has 2 heterocycles. The summed E-state index contributed by atoms with van der Waals surface area (Å²) in [5.74, 6) is 1.19. The zero-order valence-electron chi connectivity index (χ0n) is 12.9. The second-order valence-corrected chi connectivity index (χ2v) is 6.50. The van der Waals surface area contributed by atoms with Crippen LogP contribution in [0.1, 0.15) is 29.2 Å². The summed E-state index contributed by atoms with van der Waals surface area (Å²) in [5.41, 5.74) is 4.08. The van der Waals surface area contributed by atoms with Gasteiger partial charge in [-0.15, -0.1) is 0 Å². The quantitative estimate of drug-likeness (QED) is 0.775. The van der Waals surface area contributed by atoms with Gasteiger partial charge in [0.1, 0.15) is 5.84 Å². The van der Waals surface area contributed by atoms with E-state index in [-0.39, 0.29) is 0 Å². The van der Waals surface area contributed by atoms with Gasteiger partial charge >= 0.3 is 10.4 Å². The van der Waals surface area contributed by atoms with Gasteiger partial charge in [0.2, 0.25) is 0 Å². The lowest BCUT2D eigenvalue weighted by atomic mass is 9.98. The lowest BCUT2D eigenvalue weighted by molar-refractivity contribution is 0.355. The summed E-state index contributed by atoms with van der Waals surface area (Å²) in [6.45, 7) is 2.06. The summed E-state index contributed by atoms with van der Waals surface area (Å²) in [6.07, 6.45) is 1.15. The van der Waals surface area contributed by atoms with Crippen molar-refractivity contribution in [1.29, 1.82) is 0 Å². The van der Waals surface area contributed by atoms with Crippen LogP contribution in [-0.2, 0) is 10.4 Å². The minimum atomic E-state index is -4.67. The number of amidine groups is 1. The highest BCUT2D eigenvalue weighted by atomic mass is 32.3. The van der Waals surface area contributed by atoms with Gasteiger partial charge in [-0.1, -0.05) is 54.6 Å². The van der Waals surface area contributed by atoms with Crippen molar-refractivity contribution < 1.29 is 17.5 Å². The van der Waals surface area contributed by atoms with Crippen molar-refractivity contribution in [3.8, 4) is 0 Å². The van der Waals surface area contributed by atoms with Crippen LogP contribution in [0.3, 0.4) is 0 Å². The molecule has 7 heteroatoms. The van der Waals surface area contributed by atoms with E-state index in [2.05, 4.69) is 59.5 Å². The third-order valence-corrected chi connectivity index (χ3v) is 4.01.